The molecule has 0 aromatic heterocycles. The monoisotopic (exact) mass is 551 g/mol. The first-order valence-electron chi connectivity index (χ1n) is 9.03. The molecule has 1 atom stereocenters. The largest absolute Gasteiger partial charge is 0.399 e. The summed E-state index contributed by atoms with van der Waals surface area (Å²) in [5, 5.41) is 2.73. The summed E-state index contributed by atoms with van der Waals surface area (Å²) in [7, 11) is 0. The second-order valence-electron chi connectivity index (χ2n) is 7.65. The van der Waals surface area contributed by atoms with E-state index in [1.807, 2.05) is 6.08 Å². The maximum absolute atomic E-state index is 13.7. The van der Waals surface area contributed by atoms with E-state index in [1.54, 1.807) is 32.0 Å². The normalized spacial score (nSPS) is 17.1. The highest BCUT2D eigenvalue weighted by molar-refractivity contribution is 9.10. The first-order valence-corrected chi connectivity index (χ1v) is 11.0. The molecule has 9 heteroatoms. The quantitative estimate of drug-likeness (QED) is 0.380. The van der Waals surface area contributed by atoms with Gasteiger partial charge in [0.05, 0.1) is 26.4 Å². The van der Waals surface area contributed by atoms with Gasteiger partial charge in [-0.2, -0.15) is 13.2 Å². The van der Waals surface area contributed by atoms with Gasteiger partial charge in [0, 0.05) is 15.7 Å². The van der Waals surface area contributed by atoms with Crippen molar-refractivity contribution in [3.8, 4) is 0 Å². The Hall–Kier alpha value is -1.47. The summed E-state index contributed by atoms with van der Waals surface area (Å²) in [6, 6.07) is 7.40. The van der Waals surface area contributed by atoms with Gasteiger partial charge in [0.1, 0.15) is 0 Å². The van der Waals surface area contributed by atoms with Crippen LogP contribution in [0.25, 0.3) is 11.8 Å². The Balaban J connectivity index is 1.92. The minimum Gasteiger partial charge on any atom is -0.325 e. The number of carbonyl (C=O) groups excluding carboxylic acids is 1. The molecular weight excluding hydrogens is 538 g/mol. The molecule has 0 radical (unpaired) electrons. The molecule has 164 valence electrons. The summed E-state index contributed by atoms with van der Waals surface area (Å²) in [5.74, 6) is -2.04. The van der Waals surface area contributed by atoms with E-state index in [-0.39, 0.29) is 26.5 Å². The van der Waals surface area contributed by atoms with Gasteiger partial charge in [-0.25, -0.2) is 0 Å². The Bertz CT molecular complexity index is 1090. The number of hydrogen-bond acceptors (Lipinski definition) is 1. The lowest BCUT2D eigenvalue weighted by Crippen LogP contribution is -2.26. The third-order valence-corrected chi connectivity index (χ3v) is 6.67. The molecule has 0 bridgehead atoms. The van der Waals surface area contributed by atoms with Gasteiger partial charge in [-0.1, -0.05) is 75.0 Å². The first kappa shape index (κ1) is 24.2. The fraction of sp³-hybridized carbons (Fsp3) is 0.227. The molecular formula is C22H16BrCl3F3NO. The van der Waals surface area contributed by atoms with E-state index in [4.69, 9.17) is 34.8 Å². The van der Waals surface area contributed by atoms with E-state index >= 15 is 0 Å². The zero-order valence-corrected chi connectivity index (χ0v) is 20.1. The van der Waals surface area contributed by atoms with Crippen molar-refractivity contribution in [1.29, 1.82) is 0 Å². The third-order valence-electron chi connectivity index (χ3n) is 4.82. The van der Waals surface area contributed by atoms with Crippen LogP contribution < -0.4 is 5.32 Å². The second kappa shape index (κ2) is 8.81. The van der Waals surface area contributed by atoms with E-state index in [0.29, 0.717) is 15.7 Å². The zero-order valence-electron chi connectivity index (χ0n) is 16.3. The van der Waals surface area contributed by atoms with Crippen molar-refractivity contribution in [2.75, 3.05) is 0 Å². The van der Waals surface area contributed by atoms with Gasteiger partial charge in [0.2, 0.25) is 5.91 Å². The average molecular weight is 554 g/mol. The third kappa shape index (κ3) is 5.30. The summed E-state index contributed by atoms with van der Waals surface area (Å²) in [6.07, 6.45) is -0.330. The molecule has 2 aromatic carbocycles. The van der Waals surface area contributed by atoms with Crippen molar-refractivity contribution in [3.63, 3.8) is 0 Å². The van der Waals surface area contributed by atoms with E-state index in [9.17, 15) is 18.0 Å². The van der Waals surface area contributed by atoms with Crippen LogP contribution >= 0.6 is 50.7 Å². The predicted molar refractivity (Wildman–Crippen MR) is 123 cm³/mol. The summed E-state index contributed by atoms with van der Waals surface area (Å²) in [5.41, 5.74) is 1.19. The molecule has 31 heavy (non-hydrogen) atoms. The molecule has 0 aliphatic carbocycles. The molecule has 1 N–H and O–H groups in total. The Kier molecular flexibility index (Phi) is 6.87. The van der Waals surface area contributed by atoms with Gasteiger partial charge in [0.25, 0.3) is 0 Å². The first-order chi connectivity index (χ1) is 14.3. The van der Waals surface area contributed by atoms with Crippen molar-refractivity contribution in [3.05, 3.63) is 78.7 Å². The molecule has 1 aliphatic rings. The Labute approximate surface area is 201 Å². The van der Waals surface area contributed by atoms with Gasteiger partial charge in [-0.15, -0.1) is 0 Å². The molecule has 1 unspecified atom stereocenters. The van der Waals surface area contributed by atoms with E-state index in [1.165, 1.54) is 6.08 Å². The van der Waals surface area contributed by atoms with Gasteiger partial charge in [-0.05, 0) is 49.2 Å². The highest BCUT2D eigenvalue weighted by Gasteiger charge is 2.39. The average Bonchev–Trinajstić information content (AvgIpc) is 2.91. The standard InChI is InChI=1S/C22H16BrCl3F3NO/c1-21(2)10-18(30-20(21)31)13-5-3-11(7-15(13)23)4-6-14(22(27,28)29)12-8-16(24)19(26)17(25)9-12/h3-10,14H,1-2H3,(H,30,31)/b6-4+. The Morgan fingerprint density at radius 3 is 2.19 bits per heavy atom. The lowest BCUT2D eigenvalue weighted by atomic mass is 9.94. The number of amides is 1. The maximum atomic E-state index is 13.7. The van der Waals surface area contributed by atoms with Crippen LogP contribution in [0.15, 0.2) is 47.0 Å². The van der Waals surface area contributed by atoms with Crippen molar-refractivity contribution in [2.45, 2.75) is 25.9 Å². The fourth-order valence-electron chi connectivity index (χ4n) is 3.12. The topological polar surface area (TPSA) is 29.1 Å². The predicted octanol–water partition coefficient (Wildman–Crippen LogP) is 8.27. The smallest absolute Gasteiger partial charge is 0.325 e. The number of hydrogen-bond donors (Lipinski definition) is 1. The van der Waals surface area contributed by atoms with Crippen LogP contribution in [0.2, 0.25) is 15.1 Å². The van der Waals surface area contributed by atoms with Crippen molar-refractivity contribution in [1.82, 2.24) is 5.32 Å². The number of carbonyl (C=O) groups is 1. The molecule has 2 nitrogen and oxygen atoms in total. The van der Waals surface area contributed by atoms with Gasteiger partial charge in [0.15, 0.2) is 0 Å². The molecule has 0 saturated heterocycles. The van der Waals surface area contributed by atoms with Gasteiger partial charge in [-0.3, -0.25) is 4.79 Å². The van der Waals surface area contributed by atoms with Crippen LogP contribution in [-0.4, -0.2) is 12.1 Å². The summed E-state index contributed by atoms with van der Waals surface area (Å²) >= 11 is 21.1. The molecule has 1 amide bonds. The number of allylic oxidation sites excluding steroid dienone is 1. The maximum Gasteiger partial charge on any atom is 0.399 e. The number of halogens is 7. The lowest BCUT2D eigenvalue weighted by Gasteiger charge is -2.18. The SMILES string of the molecule is CC1(C)C=C(c2ccc(/C=C/C(c3cc(Cl)c(Cl)c(Cl)c3)C(F)(F)F)cc2Br)NC1=O. The highest BCUT2D eigenvalue weighted by Crippen LogP contribution is 2.41. The molecule has 0 saturated carbocycles. The summed E-state index contributed by atoms with van der Waals surface area (Å²) in [4.78, 5) is 12.0. The molecule has 0 fully saturated rings. The minimum absolute atomic E-state index is 0.00740. The number of alkyl halides is 3. The summed E-state index contributed by atoms with van der Waals surface area (Å²) in [6.45, 7) is 3.60. The number of rotatable bonds is 4. The van der Waals surface area contributed by atoms with E-state index in [0.717, 1.165) is 23.8 Å². The zero-order chi connectivity index (χ0) is 23.1. The van der Waals surface area contributed by atoms with Crippen LogP contribution in [0.4, 0.5) is 13.2 Å². The summed E-state index contributed by atoms with van der Waals surface area (Å²) < 4.78 is 41.7. The molecule has 3 rings (SSSR count). The minimum atomic E-state index is -4.56. The van der Waals surface area contributed by atoms with Crippen LogP contribution in [0.3, 0.4) is 0 Å². The van der Waals surface area contributed by atoms with Gasteiger partial charge < -0.3 is 5.32 Å². The van der Waals surface area contributed by atoms with Crippen LogP contribution in [-0.2, 0) is 4.79 Å². The fourth-order valence-corrected chi connectivity index (χ4v) is 4.34. The molecule has 1 aliphatic heterocycles. The Morgan fingerprint density at radius 2 is 1.71 bits per heavy atom. The van der Waals surface area contributed by atoms with Crippen molar-refractivity contribution >= 4 is 68.4 Å². The van der Waals surface area contributed by atoms with Gasteiger partial charge >= 0.3 is 6.18 Å². The highest BCUT2D eigenvalue weighted by atomic mass is 79.9. The van der Waals surface area contributed by atoms with Crippen LogP contribution in [0.5, 0.6) is 0 Å². The molecule has 2 aromatic rings. The van der Waals surface area contributed by atoms with Crippen molar-refractivity contribution in [2.24, 2.45) is 5.41 Å². The van der Waals surface area contributed by atoms with Crippen LogP contribution in [0, 0.1) is 5.41 Å². The lowest BCUT2D eigenvalue weighted by molar-refractivity contribution is -0.139. The second-order valence-corrected chi connectivity index (χ2v) is 9.70. The molecule has 1 heterocycles. The number of benzene rings is 2. The van der Waals surface area contributed by atoms with E-state index in [2.05, 4.69) is 21.2 Å². The van der Waals surface area contributed by atoms with Crippen LogP contribution in [0.1, 0.15) is 36.5 Å². The molecule has 0 spiro atoms. The Morgan fingerprint density at radius 1 is 1.10 bits per heavy atom. The number of nitrogens with one attached hydrogen (secondary N) is 1. The van der Waals surface area contributed by atoms with E-state index < -0.39 is 17.5 Å². The van der Waals surface area contributed by atoms with Crippen molar-refractivity contribution < 1.29 is 18.0 Å².